The molecule has 14 heavy (non-hydrogen) atoms. The fourth-order valence-corrected chi connectivity index (χ4v) is 2.51. The summed E-state index contributed by atoms with van der Waals surface area (Å²) < 4.78 is 0. The summed E-state index contributed by atoms with van der Waals surface area (Å²) in [6.07, 6.45) is 12.1. The fourth-order valence-electron chi connectivity index (χ4n) is 2.51. The molecule has 0 saturated carbocycles. The first-order chi connectivity index (χ1) is 6.58. The molecule has 0 radical (unpaired) electrons. The van der Waals surface area contributed by atoms with Gasteiger partial charge in [0.2, 0.25) is 0 Å². The van der Waals surface area contributed by atoms with Gasteiger partial charge in [0.25, 0.3) is 0 Å². The van der Waals surface area contributed by atoms with Crippen LogP contribution in [-0.4, -0.2) is 0 Å². The zero-order valence-electron chi connectivity index (χ0n) is 10.1. The third-order valence-electron chi connectivity index (χ3n) is 3.52. The van der Waals surface area contributed by atoms with Crippen LogP contribution in [0.2, 0.25) is 0 Å². The van der Waals surface area contributed by atoms with E-state index in [0.29, 0.717) is 5.41 Å². The van der Waals surface area contributed by atoms with Crippen molar-refractivity contribution in [1.29, 1.82) is 0 Å². The summed E-state index contributed by atoms with van der Waals surface area (Å²) >= 11 is 0. The predicted octanol–water partition coefficient (Wildman–Crippen LogP) is 4.73. The van der Waals surface area contributed by atoms with Crippen LogP contribution in [0.4, 0.5) is 0 Å². The Balaban J connectivity index is 2.66. The van der Waals surface area contributed by atoms with Gasteiger partial charge in [0.15, 0.2) is 0 Å². The Kier molecular flexibility index (Phi) is 3.97. The second-order valence-corrected chi connectivity index (χ2v) is 5.14. The van der Waals surface area contributed by atoms with Crippen molar-refractivity contribution in [1.82, 2.24) is 0 Å². The molecule has 1 aliphatic rings. The molecule has 0 nitrogen and oxygen atoms in total. The van der Waals surface area contributed by atoms with Gasteiger partial charge < -0.3 is 0 Å². The van der Waals surface area contributed by atoms with Crippen molar-refractivity contribution >= 4 is 0 Å². The maximum Gasteiger partial charge on any atom is -0.0120 e. The summed E-state index contributed by atoms with van der Waals surface area (Å²) in [5, 5.41) is 0. The zero-order valence-corrected chi connectivity index (χ0v) is 10.1. The number of hydrogen-bond donors (Lipinski definition) is 0. The molecule has 0 aromatic heterocycles. The van der Waals surface area contributed by atoms with E-state index < -0.39 is 0 Å². The molecule has 0 fully saturated rings. The van der Waals surface area contributed by atoms with Crippen LogP contribution in [0.25, 0.3) is 0 Å². The predicted molar refractivity (Wildman–Crippen MR) is 64.3 cm³/mol. The molecule has 0 heterocycles. The molecule has 1 atom stereocenters. The Morgan fingerprint density at radius 3 is 2.71 bits per heavy atom. The van der Waals surface area contributed by atoms with Crippen molar-refractivity contribution in [2.75, 3.05) is 0 Å². The van der Waals surface area contributed by atoms with Gasteiger partial charge in [0.05, 0.1) is 0 Å². The summed E-state index contributed by atoms with van der Waals surface area (Å²) in [4.78, 5) is 0. The maximum atomic E-state index is 2.43. The quantitative estimate of drug-likeness (QED) is 0.567. The van der Waals surface area contributed by atoms with Gasteiger partial charge in [-0.3, -0.25) is 0 Å². The highest BCUT2D eigenvalue weighted by Gasteiger charge is 2.31. The zero-order chi connectivity index (χ0) is 10.6. The van der Waals surface area contributed by atoms with Crippen molar-refractivity contribution < 1.29 is 0 Å². The molecule has 0 bridgehead atoms. The SMILES string of the molecule is CC/C=C/CC1C(C)=CCCC1(C)C. The van der Waals surface area contributed by atoms with Gasteiger partial charge in [-0.25, -0.2) is 0 Å². The molecule has 80 valence electrons. The molecule has 0 heteroatoms. The van der Waals surface area contributed by atoms with Crippen molar-refractivity contribution in [3.05, 3.63) is 23.8 Å². The Morgan fingerprint density at radius 2 is 2.14 bits per heavy atom. The van der Waals surface area contributed by atoms with Gasteiger partial charge in [-0.15, -0.1) is 0 Å². The maximum absolute atomic E-state index is 2.43. The topological polar surface area (TPSA) is 0 Å². The van der Waals surface area contributed by atoms with E-state index in [4.69, 9.17) is 0 Å². The largest absolute Gasteiger partial charge is 0.0888 e. The van der Waals surface area contributed by atoms with Gasteiger partial charge in [-0.2, -0.15) is 0 Å². The van der Waals surface area contributed by atoms with Crippen LogP contribution in [-0.2, 0) is 0 Å². The lowest BCUT2D eigenvalue weighted by molar-refractivity contribution is 0.216. The summed E-state index contributed by atoms with van der Waals surface area (Å²) in [6.45, 7) is 9.32. The molecular weight excluding hydrogens is 168 g/mol. The second-order valence-electron chi connectivity index (χ2n) is 5.14. The molecule has 1 aliphatic carbocycles. The van der Waals surface area contributed by atoms with E-state index in [-0.39, 0.29) is 0 Å². The molecule has 0 aliphatic heterocycles. The summed E-state index contributed by atoms with van der Waals surface area (Å²) in [6, 6.07) is 0. The summed E-state index contributed by atoms with van der Waals surface area (Å²) in [5.74, 6) is 0.763. The highest BCUT2D eigenvalue weighted by molar-refractivity contribution is 5.13. The standard InChI is InChI=1S/C14H24/c1-5-6-7-10-13-12(2)9-8-11-14(13,3)4/h6-7,9,13H,5,8,10-11H2,1-4H3/b7-6+. The average Bonchev–Trinajstić information content (AvgIpc) is 2.09. The highest BCUT2D eigenvalue weighted by Crippen LogP contribution is 2.42. The first-order valence-electron chi connectivity index (χ1n) is 5.89. The second kappa shape index (κ2) is 4.82. The van der Waals surface area contributed by atoms with E-state index in [9.17, 15) is 0 Å². The third kappa shape index (κ3) is 2.73. The van der Waals surface area contributed by atoms with Gasteiger partial charge in [-0.05, 0) is 43.9 Å². The van der Waals surface area contributed by atoms with E-state index in [0.717, 1.165) is 12.3 Å². The van der Waals surface area contributed by atoms with E-state index >= 15 is 0 Å². The minimum absolute atomic E-state index is 0.497. The lowest BCUT2D eigenvalue weighted by atomic mass is 9.67. The van der Waals surface area contributed by atoms with Crippen molar-refractivity contribution in [3.63, 3.8) is 0 Å². The Bertz CT molecular complexity index is 230. The Labute approximate surface area is 89.1 Å². The molecule has 0 spiro atoms. The monoisotopic (exact) mass is 192 g/mol. The van der Waals surface area contributed by atoms with Crippen molar-refractivity contribution in [3.8, 4) is 0 Å². The van der Waals surface area contributed by atoms with Crippen LogP contribution >= 0.6 is 0 Å². The van der Waals surface area contributed by atoms with Crippen LogP contribution in [0.15, 0.2) is 23.8 Å². The molecular formula is C14H24. The molecule has 0 aromatic carbocycles. The van der Waals surface area contributed by atoms with Crippen LogP contribution in [0.1, 0.15) is 53.4 Å². The lowest BCUT2D eigenvalue weighted by Gasteiger charge is -2.38. The van der Waals surface area contributed by atoms with Crippen LogP contribution in [0, 0.1) is 11.3 Å². The first-order valence-corrected chi connectivity index (χ1v) is 5.89. The van der Waals surface area contributed by atoms with E-state index in [1.54, 1.807) is 5.57 Å². The molecule has 0 aromatic rings. The smallest absolute Gasteiger partial charge is 0.0120 e. The average molecular weight is 192 g/mol. The van der Waals surface area contributed by atoms with Crippen molar-refractivity contribution in [2.45, 2.75) is 53.4 Å². The van der Waals surface area contributed by atoms with E-state index in [1.165, 1.54) is 19.3 Å². The van der Waals surface area contributed by atoms with Crippen LogP contribution in [0.5, 0.6) is 0 Å². The Hall–Kier alpha value is -0.520. The van der Waals surface area contributed by atoms with Gasteiger partial charge in [0.1, 0.15) is 0 Å². The van der Waals surface area contributed by atoms with Gasteiger partial charge >= 0.3 is 0 Å². The van der Waals surface area contributed by atoms with Crippen LogP contribution < -0.4 is 0 Å². The molecule has 0 amide bonds. The third-order valence-corrected chi connectivity index (χ3v) is 3.52. The first kappa shape index (κ1) is 11.6. The summed E-state index contributed by atoms with van der Waals surface area (Å²) in [5.41, 5.74) is 2.10. The molecule has 1 rings (SSSR count). The molecule has 1 unspecified atom stereocenters. The number of rotatable bonds is 3. The fraction of sp³-hybridized carbons (Fsp3) is 0.714. The Morgan fingerprint density at radius 1 is 1.43 bits per heavy atom. The highest BCUT2D eigenvalue weighted by atomic mass is 14.4. The van der Waals surface area contributed by atoms with Crippen molar-refractivity contribution in [2.24, 2.45) is 11.3 Å². The summed E-state index contributed by atoms with van der Waals surface area (Å²) in [7, 11) is 0. The van der Waals surface area contributed by atoms with Gasteiger partial charge in [-0.1, -0.05) is 44.6 Å². The minimum Gasteiger partial charge on any atom is -0.0888 e. The van der Waals surface area contributed by atoms with Crippen LogP contribution in [0.3, 0.4) is 0 Å². The van der Waals surface area contributed by atoms with Gasteiger partial charge in [0, 0.05) is 0 Å². The normalized spacial score (nSPS) is 26.6. The molecule has 0 N–H and O–H groups in total. The van der Waals surface area contributed by atoms with E-state index in [2.05, 4.69) is 45.9 Å². The lowest BCUT2D eigenvalue weighted by Crippen LogP contribution is -2.27. The number of allylic oxidation sites excluding steroid dienone is 4. The molecule has 0 saturated heterocycles. The number of hydrogen-bond acceptors (Lipinski definition) is 0. The van der Waals surface area contributed by atoms with E-state index in [1.807, 2.05) is 0 Å². The minimum atomic E-state index is 0.497.